The minimum absolute atomic E-state index is 0.125. The minimum Gasteiger partial charge on any atom is -0.496 e. The van der Waals surface area contributed by atoms with E-state index in [9.17, 15) is 19.2 Å². The van der Waals surface area contributed by atoms with Crippen molar-refractivity contribution in [2.24, 2.45) is 0 Å². The number of carbonyl (C=O) groups excluding carboxylic acids is 4. The maximum Gasteiger partial charge on any atom is 0.236 e. The smallest absolute Gasteiger partial charge is 0.236 e. The van der Waals surface area contributed by atoms with Gasteiger partial charge in [0.25, 0.3) is 0 Å². The van der Waals surface area contributed by atoms with Gasteiger partial charge in [-0.3, -0.25) is 19.2 Å². The molecule has 0 aliphatic carbocycles. The number of fused-ring (bicyclic) bond motifs is 4. The lowest BCUT2D eigenvalue weighted by molar-refractivity contribution is -0.122. The van der Waals surface area contributed by atoms with Crippen molar-refractivity contribution in [3.05, 3.63) is 237 Å². The molecule has 0 aromatic heterocycles. The van der Waals surface area contributed by atoms with Crippen molar-refractivity contribution < 1.29 is 38.1 Å². The number of hydrogen-bond acceptors (Lipinski definition) is 16. The van der Waals surface area contributed by atoms with Crippen molar-refractivity contribution >= 4 is 46.4 Å². The number of benzene rings is 8. The summed E-state index contributed by atoms with van der Waals surface area (Å²) in [4.78, 5) is 56.0. The average Bonchev–Trinajstić information content (AvgIpc) is 1.59. The van der Waals surface area contributed by atoms with Gasteiger partial charge in [-0.15, -0.1) is 0 Å². The second kappa shape index (κ2) is 38.8. The number of rotatable bonds is 21. The molecule has 8 atom stereocenters. The first-order chi connectivity index (χ1) is 55.4. The molecule has 4 fully saturated rings. The van der Waals surface area contributed by atoms with Crippen LogP contribution in [-0.2, 0) is 70.0 Å². The molecule has 4 amide bonds. The van der Waals surface area contributed by atoms with Crippen LogP contribution < -0.4 is 81.1 Å². The standard InChI is InChI=1S/2C24H31N3O2.2C23H29N3O2/c1-24(2)18-13-17(21(29-4)14-20(18)27(3)23(24)28)15-26-19-11-8-12-25-22(19)16-9-6-5-7-10-16;1-3-29-22-15-18-11-12-23(28)27(2)21(18)14-19(22)16-26-20-10-7-13-25-24(20)17-8-5-4-6-9-17;1-26-20-13-18(21(28-2)14-17(20)10-11-22(26)27)15-25-19-9-6-12-24-23(19)16-7-4-3-5-8-16;1-26-20-14-21(28-2)18(13-17(20)10-11-22(26)27)15-25-19-9-6-12-24-23(19)16-7-4-3-5-8-16/h5-7,9-10,13-14,19,22,25-26H,8,11-12,15H2,1-4H3;4-6,8-9,14-15,20,24-26H,3,7,10-13,16H2,1-2H3;2*3-5,7-8,13-14,19,23-25H,6,9-12,15H2,1-2H3/t19?,22-;20?,24-;2*19?,23-/m0000/s1. The summed E-state index contributed by atoms with van der Waals surface area (Å²) in [5.41, 5.74) is 17.9. The van der Waals surface area contributed by atoms with Gasteiger partial charge in [-0.25, -0.2) is 0 Å². The van der Waals surface area contributed by atoms with Gasteiger partial charge >= 0.3 is 0 Å². The molecule has 8 aromatic carbocycles. The highest BCUT2D eigenvalue weighted by atomic mass is 16.5. The van der Waals surface area contributed by atoms with E-state index in [0.717, 1.165) is 164 Å². The van der Waals surface area contributed by atoms with E-state index in [0.29, 0.717) is 87.3 Å². The third kappa shape index (κ3) is 19.2. The lowest BCUT2D eigenvalue weighted by Gasteiger charge is -2.34. The summed E-state index contributed by atoms with van der Waals surface area (Å²) in [5.74, 6) is 4.15. The number of hydrogen-bond donors (Lipinski definition) is 8. The van der Waals surface area contributed by atoms with Crippen LogP contribution in [0.2, 0.25) is 0 Å². The second-order valence-electron chi connectivity index (χ2n) is 32.0. The van der Waals surface area contributed by atoms with E-state index in [1.165, 1.54) is 58.2 Å². The van der Waals surface area contributed by atoms with Crippen molar-refractivity contribution in [1.29, 1.82) is 0 Å². The molecule has 0 spiro atoms. The van der Waals surface area contributed by atoms with E-state index in [-0.39, 0.29) is 23.6 Å². The second-order valence-corrected chi connectivity index (χ2v) is 32.0. The van der Waals surface area contributed by atoms with E-state index in [1.54, 1.807) is 40.9 Å². The summed E-state index contributed by atoms with van der Waals surface area (Å²) in [6.07, 6.45) is 13.3. The van der Waals surface area contributed by atoms with Gasteiger partial charge in [0.2, 0.25) is 23.6 Å². The molecule has 4 saturated heterocycles. The number of aryl methyl sites for hydroxylation is 3. The molecule has 604 valence electrons. The molecule has 4 unspecified atom stereocenters. The van der Waals surface area contributed by atoms with E-state index in [1.807, 2.05) is 61.1 Å². The van der Waals surface area contributed by atoms with E-state index in [2.05, 4.69) is 200 Å². The fraction of sp³-hybridized carbons (Fsp3) is 0.447. The predicted octanol–water partition coefficient (Wildman–Crippen LogP) is 13.5. The number of piperidine rings is 4. The van der Waals surface area contributed by atoms with Gasteiger partial charge < -0.3 is 81.1 Å². The molecule has 0 bridgehead atoms. The van der Waals surface area contributed by atoms with Crippen LogP contribution in [0.1, 0.15) is 182 Å². The Bertz CT molecular complexity index is 4570. The van der Waals surface area contributed by atoms with Crippen molar-refractivity contribution in [2.75, 3.05) is 102 Å². The van der Waals surface area contributed by atoms with Gasteiger partial charge in [-0.1, -0.05) is 121 Å². The number of amides is 4. The molecule has 8 heterocycles. The third-order valence-electron chi connectivity index (χ3n) is 24.5. The van der Waals surface area contributed by atoms with E-state index >= 15 is 0 Å². The maximum absolute atomic E-state index is 12.7. The first-order valence-corrected chi connectivity index (χ1v) is 41.5. The predicted molar refractivity (Wildman–Crippen MR) is 456 cm³/mol. The van der Waals surface area contributed by atoms with Crippen LogP contribution in [0.4, 0.5) is 22.7 Å². The molecule has 8 N–H and O–H groups in total. The zero-order chi connectivity index (χ0) is 79.8. The van der Waals surface area contributed by atoms with E-state index in [4.69, 9.17) is 18.9 Å². The Morgan fingerprint density at radius 1 is 0.368 bits per heavy atom. The van der Waals surface area contributed by atoms with Crippen LogP contribution in [0.25, 0.3) is 0 Å². The van der Waals surface area contributed by atoms with Gasteiger partial charge in [-0.2, -0.15) is 0 Å². The highest BCUT2D eigenvalue weighted by Crippen LogP contribution is 2.45. The Hall–Kier alpha value is -9.48. The number of carbonyl (C=O) groups is 4. The van der Waals surface area contributed by atoms with Crippen molar-refractivity contribution in [3.63, 3.8) is 0 Å². The average molecular weight is 1550 g/mol. The Labute approximate surface area is 675 Å². The summed E-state index contributed by atoms with van der Waals surface area (Å²) < 4.78 is 23.0. The third-order valence-corrected chi connectivity index (χ3v) is 24.5. The monoisotopic (exact) mass is 1540 g/mol. The fourth-order valence-corrected chi connectivity index (χ4v) is 18.0. The van der Waals surface area contributed by atoms with Gasteiger partial charge in [0.05, 0.1) is 44.7 Å². The quantitative estimate of drug-likeness (QED) is 0.0336. The number of ether oxygens (including phenoxy) is 4. The maximum atomic E-state index is 12.7. The molecule has 20 heteroatoms. The molecule has 20 nitrogen and oxygen atoms in total. The van der Waals surface area contributed by atoms with Crippen LogP contribution in [0.5, 0.6) is 23.0 Å². The molecule has 0 radical (unpaired) electrons. The number of anilines is 4. The van der Waals surface area contributed by atoms with Crippen LogP contribution in [-0.4, -0.2) is 130 Å². The minimum atomic E-state index is -0.510. The molecule has 8 aliphatic heterocycles. The van der Waals surface area contributed by atoms with Gasteiger partial charge in [-0.05, 0) is 198 Å². The summed E-state index contributed by atoms with van der Waals surface area (Å²) in [5, 5.41) is 29.7. The molecule has 114 heavy (non-hydrogen) atoms. The lowest BCUT2D eigenvalue weighted by Crippen LogP contribution is -2.45. The lowest BCUT2D eigenvalue weighted by atomic mass is 9.85. The van der Waals surface area contributed by atoms with Gasteiger partial charge in [0, 0.05) is 168 Å². The molecular weight excluding hydrogens is 1430 g/mol. The van der Waals surface area contributed by atoms with Crippen LogP contribution in [0, 0.1) is 0 Å². The first kappa shape index (κ1) is 82.5. The molecule has 0 saturated carbocycles. The molecular formula is C94H120N12O8. The van der Waals surface area contributed by atoms with Crippen LogP contribution in [0.15, 0.2) is 170 Å². The Morgan fingerprint density at radius 3 is 1.02 bits per heavy atom. The summed E-state index contributed by atoms with van der Waals surface area (Å²) in [6.45, 7) is 13.7. The van der Waals surface area contributed by atoms with Crippen molar-refractivity contribution in [2.45, 2.75) is 191 Å². The number of likely N-dealkylation sites (N-methyl/N-ethyl adjacent to an activating group) is 1. The van der Waals surface area contributed by atoms with Gasteiger partial charge in [0.15, 0.2) is 0 Å². The summed E-state index contributed by atoms with van der Waals surface area (Å²) in [7, 11) is 12.5. The molecule has 8 aliphatic rings. The Morgan fingerprint density at radius 2 is 0.667 bits per heavy atom. The van der Waals surface area contributed by atoms with Crippen LogP contribution in [0.3, 0.4) is 0 Å². The summed E-state index contributed by atoms with van der Waals surface area (Å²) >= 11 is 0. The first-order valence-electron chi connectivity index (χ1n) is 41.5. The number of nitrogens with zero attached hydrogens (tertiary/aromatic N) is 4. The SMILES string of the molecule is CCOc1cc2c(cc1CNC1CCCN[C@H]1c1ccccc1)N(C)C(=O)CC2.COc1cc2c(cc1CNC1CCCN[C@H]1c1ccccc1)C(C)(C)C(=O)N2C.COc1cc2c(cc1CNC1CCCN[C@H]1c1ccccc1)CCC(=O)N2C.COc1cc2c(cc1CNC1CCCN[C@H]1c1ccccc1)N(C)C(=O)CC2. The normalized spacial score (nSPS) is 22.3. The Balaban J connectivity index is 0.000000133. The van der Waals surface area contributed by atoms with Gasteiger partial charge in [0.1, 0.15) is 23.0 Å². The molecule has 16 rings (SSSR count). The Kier molecular flexibility index (Phi) is 28.1. The number of nitrogens with one attached hydrogen (secondary N) is 8. The van der Waals surface area contributed by atoms with Crippen LogP contribution >= 0.6 is 0 Å². The van der Waals surface area contributed by atoms with Crippen molar-refractivity contribution in [3.8, 4) is 23.0 Å². The largest absolute Gasteiger partial charge is 0.496 e. The highest BCUT2D eigenvalue weighted by molar-refractivity contribution is 6.07. The highest BCUT2D eigenvalue weighted by Gasteiger charge is 2.43. The zero-order valence-corrected chi connectivity index (χ0v) is 68.6. The van der Waals surface area contributed by atoms with Crippen molar-refractivity contribution in [1.82, 2.24) is 42.5 Å². The number of methoxy groups -OCH3 is 3. The zero-order valence-electron chi connectivity index (χ0n) is 68.6. The summed E-state index contributed by atoms with van der Waals surface area (Å²) in [6, 6.07) is 62.2. The van der Waals surface area contributed by atoms with E-state index < -0.39 is 5.41 Å². The topological polar surface area (TPSA) is 214 Å². The molecule has 8 aromatic rings. The fourth-order valence-electron chi connectivity index (χ4n) is 18.0.